The Kier molecular flexibility index (Phi) is 5.15. The molecule has 2 heterocycles. The Morgan fingerprint density at radius 3 is 2.91 bits per heavy atom. The molecule has 0 atom stereocenters. The van der Waals surface area contributed by atoms with Crippen molar-refractivity contribution in [1.29, 1.82) is 5.26 Å². The minimum Gasteiger partial charge on any atom is -0.490 e. The fourth-order valence-corrected chi connectivity index (χ4v) is 4.08. The van der Waals surface area contributed by atoms with E-state index in [0.717, 1.165) is 42.7 Å². The number of nitriles is 1. The molecule has 0 unspecified atom stereocenters. The van der Waals surface area contributed by atoms with Crippen LogP contribution >= 0.6 is 11.3 Å². The van der Waals surface area contributed by atoms with Crippen molar-refractivity contribution in [2.45, 2.75) is 37.3 Å². The van der Waals surface area contributed by atoms with Crippen molar-refractivity contribution in [3.63, 3.8) is 0 Å². The molecule has 8 nitrogen and oxygen atoms in total. The summed E-state index contributed by atoms with van der Waals surface area (Å²) in [5.74, 6) is 0.0997. The third-order valence-corrected chi connectivity index (χ3v) is 6.26. The average Bonchev–Trinajstić information content (AvgIpc) is 3.69. The predicted molar refractivity (Wildman–Crippen MR) is 119 cm³/mol. The van der Waals surface area contributed by atoms with E-state index < -0.39 is 5.54 Å². The summed E-state index contributed by atoms with van der Waals surface area (Å²) in [6, 6.07) is 11.7. The molecule has 162 valence electrons. The zero-order valence-electron chi connectivity index (χ0n) is 17.2. The summed E-state index contributed by atoms with van der Waals surface area (Å²) >= 11 is 1.32. The van der Waals surface area contributed by atoms with E-state index >= 15 is 0 Å². The van der Waals surface area contributed by atoms with Gasteiger partial charge in [0, 0.05) is 23.3 Å². The number of nitrogens with zero attached hydrogens (tertiary/aromatic N) is 3. The normalized spacial score (nSPS) is 16.1. The maximum Gasteiger partial charge on any atom is 0.253 e. The quantitative estimate of drug-likeness (QED) is 0.549. The summed E-state index contributed by atoms with van der Waals surface area (Å²) in [6.45, 7) is -0.174. The molecule has 3 aromatic rings. The Balaban J connectivity index is 1.15. The number of nitrogens with one attached hydrogen (secondary N) is 2. The largest absolute Gasteiger partial charge is 0.490 e. The predicted octanol–water partition coefficient (Wildman–Crippen LogP) is 3.53. The lowest BCUT2D eigenvalue weighted by Gasteiger charge is -2.07. The standard InChI is InChI=1S/C23H21N5O3S/c24-14-23(7-8-23)28-9-6-16(12-28)21(30)25-11-20(29)27-22-26-19(13-32-22)15-2-1-3-18(10-15)31-17-4-5-17/h1-3,6,9-10,12-13,17H,4-5,7-8,11H2,(H,25,30)(H,26,27,29). The highest BCUT2D eigenvalue weighted by Crippen LogP contribution is 2.42. The molecular weight excluding hydrogens is 426 g/mol. The first-order chi connectivity index (χ1) is 15.5. The SMILES string of the molecule is N#CC1(n2ccc(C(=O)NCC(=O)Nc3nc(-c4cccc(OC5CC5)c4)cs3)c2)CC1. The van der Waals surface area contributed by atoms with Gasteiger partial charge in [-0.15, -0.1) is 11.3 Å². The van der Waals surface area contributed by atoms with Gasteiger partial charge >= 0.3 is 0 Å². The number of anilines is 1. The molecule has 5 rings (SSSR count). The second kappa shape index (κ2) is 8.13. The van der Waals surface area contributed by atoms with Crippen LogP contribution < -0.4 is 15.4 Å². The van der Waals surface area contributed by atoms with Crippen molar-refractivity contribution < 1.29 is 14.3 Å². The number of benzene rings is 1. The van der Waals surface area contributed by atoms with Crippen LogP contribution in [-0.2, 0) is 10.3 Å². The lowest BCUT2D eigenvalue weighted by Crippen LogP contribution is -2.32. The van der Waals surface area contributed by atoms with E-state index in [-0.39, 0.29) is 18.4 Å². The number of ether oxygens (including phenoxy) is 1. The van der Waals surface area contributed by atoms with E-state index in [1.807, 2.05) is 29.6 Å². The van der Waals surface area contributed by atoms with Gasteiger partial charge in [-0.3, -0.25) is 9.59 Å². The van der Waals surface area contributed by atoms with Crippen molar-refractivity contribution in [3.05, 3.63) is 53.7 Å². The molecule has 2 N–H and O–H groups in total. The van der Waals surface area contributed by atoms with Gasteiger partial charge in [0.25, 0.3) is 5.91 Å². The minimum atomic E-state index is -0.512. The Bertz CT molecular complexity index is 1220. The lowest BCUT2D eigenvalue weighted by atomic mass is 10.2. The topological polar surface area (TPSA) is 109 Å². The van der Waals surface area contributed by atoms with Gasteiger partial charge in [-0.05, 0) is 43.9 Å². The molecule has 2 aromatic heterocycles. The van der Waals surface area contributed by atoms with Crippen LogP contribution in [0, 0.1) is 11.3 Å². The summed E-state index contributed by atoms with van der Waals surface area (Å²) < 4.78 is 7.60. The van der Waals surface area contributed by atoms with Gasteiger partial charge in [-0.1, -0.05) is 12.1 Å². The van der Waals surface area contributed by atoms with E-state index in [1.165, 1.54) is 11.3 Å². The number of rotatable bonds is 8. The van der Waals surface area contributed by atoms with E-state index in [9.17, 15) is 14.9 Å². The molecule has 2 amide bonds. The van der Waals surface area contributed by atoms with Crippen molar-refractivity contribution in [1.82, 2.24) is 14.9 Å². The third-order valence-electron chi connectivity index (χ3n) is 5.50. The van der Waals surface area contributed by atoms with E-state index in [2.05, 4.69) is 21.7 Å². The summed E-state index contributed by atoms with van der Waals surface area (Å²) in [4.78, 5) is 29.1. The van der Waals surface area contributed by atoms with Crippen molar-refractivity contribution in [2.75, 3.05) is 11.9 Å². The lowest BCUT2D eigenvalue weighted by molar-refractivity contribution is -0.115. The molecule has 1 aromatic carbocycles. The van der Waals surface area contributed by atoms with E-state index in [1.54, 1.807) is 23.0 Å². The summed E-state index contributed by atoms with van der Waals surface area (Å²) in [7, 11) is 0. The number of carbonyl (C=O) groups excluding carboxylic acids is 2. The number of thiazole rings is 1. The number of hydrogen-bond donors (Lipinski definition) is 2. The number of carbonyl (C=O) groups is 2. The van der Waals surface area contributed by atoms with Gasteiger partial charge < -0.3 is 19.9 Å². The number of aromatic nitrogens is 2. The second-order valence-electron chi connectivity index (χ2n) is 8.06. The zero-order valence-corrected chi connectivity index (χ0v) is 18.0. The van der Waals surface area contributed by atoms with Gasteiger partial charge in [0.05, 0.1) is 30.0 Å². The fraction of sp³-hybridized carbons (Fsp3) is 0.304. The maximum atomic E-state index is 12.3. The van der Waals surface area contributed by atoms with Crippen LogP contribution in [0.1, 0.15) is 36.0 Å². The summed E-state index contributed by atoms with van der Waals surface area (Å²) in [5, 5.41) is 16.9. The molecule has 2 saturated carbocycles. The maximum absolute atomic E-state index is 12.3. The van der Waals surface area contributed by atoms with Crippen LogP contribution in [0.4, 0.5) is 5.13 Å². The number of amides is 2. The molecule has 0 radical (unpaired) electrons. The van der Waals surface area contributed by atoms with Crippen LogP contribution in [0.5, 0.6) is 5.75 Å². The highest BCUT2D eigenvalue weighted by molar-refractivity contribution is 7.14. The molecule has 2 aliphatic carbocycles. The Labute approximate surface area is 188 Å². The van der Waals surface area contributed by atoms with Crippen molar-refractivity contribution >= 4 is 28.3 Å². The summed E-state index contributed by atoms with van der Waals surface area (Å²) in [5.41, 5.74) is 1.58. The second-order valence-corrected chi connectivity index (χ2v) is 8.92. The van der Waals surface area contributed by atoms with Crippen molar-refractivity contribution in [2.24, 2.45) is 0 Å². The number of hydrogen-bond acceptors (Lipinski definition) is 6. The average molecular weight is 448 g/mol. The highest BCUT2D eigenvalue weighted by atomic mass is 32.1. The Morgan fingerprint density at radius 2 is 2.16 bits per heavy atom. The molecule has 0 saturated heterocycles. The van der Waals surface area contributed by atoms with E-state index in [0.29, 0.717) is 16.8 Å². The van der Waals surface area contributed by atoms with Gasteiger partial charge in [-0.25, -0.2) is 4.98 Å². The fourth-order valence-electron chi connectivity index (χ4n) is 3.34. The summed E-state index contributed by atoms with van der Waals surface area (Å²) in [6.07, 6.45) is 7.47. The van der Waals surface area contributed by atoms with Crippen LogP contribution in [0.25, 0.3) is 11.3 Å². The van der Waals surface area contributed by atoms with Gasteiger partial charge in [0.1, 0.15) is 11.3 Å². The first-order valence-electron chi connectivity index (χ1n) is 10.5. The van der Waals surface area contributed by atoms with Gasteiger partial charge in [0.2, 0.25) is 5.91 Å². The molecule has 0 bridgehead atoms. The molecule has 0 aliphatic heterocycles. The molecule has 0 spiro atoms. The van der Waals surface area contributed by atoms with Gasteiger partial charge in [0.15, 0.2) is 5.13 Å². The highest BCUT2D eigenvalue weighted by Gasteiger charge is 2.45. The monoisotopic (exact) mass is 447 g/mol. The van der Waals surface area contributed by atoms with E-state index in [4.69, 9.17) is 4.74 Å². The van der Waals surface area contributed by atoms with Crippen LogP contribution in [0.15, 0.2) is 48.1 Å². The Morgan fingerprint density at radius 1 is 1.31 bits per heavy atom. The molecular formula is C23H21N5O3S. The van der Waals surface area contributed by atoms with Crippen LogP contribution in [0.3, 0.4) is 0 Å². The Hall–Kier alpha value is -3.64. The first-order valence-corrected chi connectivity index (χ1v) is 11.3. The van der Waals surface area contributed by atoms with Crippen LogP contribution in [0.2, 0.25) is 0 Å². The first kappa shape index (κ1) is 20.3. The zero-order chi connectivity index (χ0) is 22.1. The molecule has 2 fully saturated rings. The van der Waals surface area contributed by atoms with Crippen LogP contribution in [-0.4, -0.2) is 34.0 Å². The molecule has 32 heavy (non-hydrogen) atoms. The van der Waals surface area contributed by atoms with Gasteiger partial charge in [-0.2, -0.15) is 5.26 Å². The minimum absolute atomic E-state index is 0.174. The molecule has 9 heteroatoms. The smallest absolute Gasteiger partial charge is 0.253 e. The molecule has 2 aliphatic rings. The van der Waals surface area contributed by atoms with Crippen molar-refractivity contribution in [3.8, 4) is 23.1 Å². The third kappa shape index (κ3) is 4.36.